The minimum Gasteiger partial charge on any atom is -0.294 e. The van der Waals surface area contributed by atoms with Gasteiger partial charge in [-0.1, -0.05) is 6.42 Å². The molecule has 6 nitrogen and oxygen atoms in total. The number of aryl methyl sites for hydroxylation is 2. The van der Waals surface area contributed by atoms with Gasteiger partial charge in [0.25, 0.3) is 5.56 Å². The lowest BCUT2D eigenvalue weighted by Gasteiger charge is -2.45. The lowest BCUT2D eigenvalue weighted by atomic mass is 9.74. The van der Waals surface area contributed by atoms with Crippen molar-refractivity contribution < 1.29 is 0 Å². The van der Waals surface area contributed by atoms with Gasteiger partial charge in [-0.25, -0.2) is 4.68 Å². The van der Waals surface area contributed by atoms with Crippen molar-refractivity contribution in [3.05, 3.63) is 27.7 Å². The predicted octanol–water partition coefficient (Wildman–Crippen LogP) is 2.83. The molecule has 1 saturated carbocycles. The van der Waals surface area contributed by atoms with Crippen molar-refractivity contribution >= 4 is 11.0 Å². The topological polar surface area (TPSA) is 75.6 Å². The van der Waals surface area contributed by atoms with E-state index in [1.165, 1.54) is 24.8 Å². The first-order valence-corrected chi connectivity index (χ1v) is 10.5. The van der Waals surface area contributed by atoms with Crippen LogP contribution in [-0.4, -0.2) is 20.9 Å². The summed E-state index contributed by atoms with van der Waals surface area (Å²) in [5.74, 6) is 0.516. The highest BCUT2D eigenvalue weighted by atomic mass is 16.1. The van der Waals surface area contributed by atoms with Crippen LogP contribution >= 0.6 is 0 Å². The number of hydrogen-bond acceptors (Lipinski definition) is 4. The Balaban J connectivity index is 1.82. The molecule has 2 aliphatic carbocycles. The van der Waals surface area contributed by atoms with E-state index in [0.717, 1.165) is 61.7 Å². The zero-order valence-electron chi connectivity index (χ0n) is 15.8. The highest BCUT2D eigenvalue weighted by Crippen LogP contribution is 2.45. The summed E-state index contributed by atoms with van der Waals surface area (Å²) in [6, 6.07) is 2.23. The summed E-state index contributed by atoms with van der Waals surface area (Å²) < 4.78 is 4.00. The summed E-state index contributed by atoms with van der Waals surface area (Å²) in [5.41, 5.74) is 3.09. The molecule has 6 heteroatoms. The van der Waals surface area contributed by atoms with E-state index in [9.17, 15) is 4.79 Å². The van der Waals surface area contributed by atoms with E-state index in [1.807, 2.05) is 10.9 Å². The number of nitrogens with zero attached hydrogens (tertiary/aromatic N) is 4. The highest BCUT2D eigenvalue weighted by Gasteiger charge is 2.47. The minimum absolute atomic E-state index is 0.192. The van der Waals surface area contributed by atoms with Crippen LogP contribution in [-0.2, 0) is 25.0 Å². The van der Waals surface area contributed by atoms with Gasteiger partial charge in [0, 0.05) is 10.9 Å². The lowest BCUT2D eigenvalue weighted by Crippen LogP contribution is -2.56. The van der Waals surface area contributed by atoms with Crippen LogP contribution in [0.15, 0.2) is 11.0 Å². The SMILES string of the molecule is N#CCCn1ncc2c3c(c(=O)n([C@@]4(C5CCC5)CCCN4)c21)CCCC3. The average Bonchev–Trinajstić information content (AvgIpc) is 3.27. The Morgan fingerprint density at radius 2 is 2.04 bits per heavy atom. The first kappa shape index (κ1) is 17.0. The zero-order chi connectivity index (χ0) is 18.4. The quantitative estimate of drug-likeness (QED) is 0.904. The van der Waals surface area contributed by atoms with Crippen LogP contribution in [0, 0.1) is 17.2 Å². The molecule has 1 saturated heterocycles. The van der Waals surface area contributed by atoms with Crippen molar-refractivity contribution in [3.63, 3.8) is 0 Å². The number of fused-ring (bicyclic) bond motifs is 3. The third-order valence-corrected chi connectivity index (χ3v) is 7.06. The molecular weight excluding hydrogens is 338 g/mol. The van der Waals surface area contributed by atoms with Crippen LogP contribution in [0.25, 0.3) is 11.0 Å². The fourth-order valence-electron chi connectivity index (χ4n) is 5.55. The first-order chi connectivity index (χ1) is 13.3. The third kappa shape index (κ3) is 2.41. The molecule has 27 heavy (non-hydrogen) atoms. The maximum atomic E-state index is 13.8. The second kappa shape index (κ2) is 6.49. The summed E-state index contributed by atoms with van der Waals surface area (Å²) in [7, 11) is 0. The molecule has 0 radical (unpaired) electrons. The molecule has 0 bridgehead atoms. The maximum absolute atomic E-state index is 13.8. The second-order valence-electron chi connectivity index (χ2n) is 8.40. The van der Waals surface area contributed by atoms with E-state index in [4.69, 9.17) is 5.26 Å². The molecule has 1 aliphatic heterocycles. The molecule has 142 valence electrons. The largest absolute Gasteiger partial charge is 0.294 e. The van der Waals surface area contributed by atoms with Crippen molar-refractivity contribution in [1.29, 1.82) is 5.26 Å². The second-order valence-corrected chi connectivity index (χ2v) is 8.40. The van der Waals surface area contributed by atoms with E-state index in [2.05, 4.69) is 21.1 Å². The summed E-state index contributed by atoms with van der Waals surface area (Å²) in [6.45, 7) is 1.51. The molecule has 2 aromatic heterocycles. The van der Waals surface area contributed by atoms with Gasteiger partial charge in [0.15, 0.2) is 0 Å². The highest BCUT2D eigenvalue weighted by molar-refractivity contribution is 5.81. The number of pyridine rings is 1. The number of nitrogens with one attached hydrogen (secondary N) is 1. The van der Waals surface area contributed by atoms with Crippen LogP contribution in [0.5, 0.6) is 0 Å². The van der Waals surface area contributed by atoms with Gasteiger partial charge >= 0.3 is 0 Å². The Morgan fingerprint density at radius 3 is 2.70 bits per heavy atom. The van der Waals surface area contributed by atoms with E-state index in [-0.39, 0.29) is 11.2 Å². The van der Waals surface area contributed by atoms with Gasteiger partial charge in [-0.15, -0.1) is 0 Å². The van der Waals surface area contributed by atoms with Gasteiger partial charge in [-0.3, -0.25) is 14.7 Å². The van der Waals surface area contributed by atoms with Gasteiger partial charge in [-0.05, 0) is 69.4 Å². The number of nitriles is 1. The van der Waals surface area contributed by atoms with E-state index < -0.39 is 0 Å². The van der Waals surface area contributed by atoms with Crippen LogP contribution < -0.4 is 10.9 Å². The van der Waals surface area contributed by atoms with Crippen molar-refractivity contribution in [2.75, 3.05) is 6.54 Å². The molecule has 0 amide bonds. The molecule has 1 N–H and O–H groups in total. The monoisotopic (exact) mass is 365 g/mol. The molecule has 1 atom stereocenters. The Hall–Kier alpha value is -2.13. The predicted molar refractivity (Wildman–Crippen MR) is 103 cm³/mol. The fourth-order valence-corrected chi connectivity index (χ4v) is 5.55. The van der Waals surface area contributed by atoms with Crippen LogP contribution in [0.3, 0.4) is 0 Å². The normalized spacial score (nSPS) is 25.3. The molecule has 0 unspecified atom stereocenters. The van der Waals surface area contributed by atoms with Gasteiger partial charge in [0.1, 0.15) is 11.3 Å². The lowest BCUT2D eigenvalue weighted by molar-refractivity contribution is 0.0743. The molecule has 0 spiro atoms. The first-order valence-electron chi connectivity index (χ1n) is 10.5. The summed E-state index contributed by atoms with van der Waals surface area (Å²) >= 11 is 0. The zero-order valence-corrected chi connectivity index (χ0v) is 15.8. The molecular formula is C21H27N5O. The van der Waals surface area contributed by atoms with Crippen LogP contribution in [0.2, 0.25) is 0 Å². The molecule has 2 fully saturated rings. The van der Waals surface area contributed by atoms with Crippen molar-refractivity contribution in [1.82, 2.24) is 19.7 Å². The van der Waals surface area contributed by atoms with E-state index >= 15 is 0 Å². The van der Waals surface area contributed by atoms with Crippen LogP contribution in [0.1, 0.15) is 62.5 Å². The molecule has 3 aliphatic rings. The Bertz CT molecular complexity index is 969. The van der Waals surface area contributed by atoms with Crippen molar-refractivity contribution in [3.8, 4) is 6.07 Å². The summed E-state index contributed by atoms with van der Waals surface area (Å²) in [4.78, 5) is 13.8. The Kier molecular flexibility index (Phi) is 4.08. The molecule has 2 aromatic rings. The van der Waals surface area contributed by atoms with Crippen molar-refractivity contribution in [2.45, 2.75) is 76.4 Å². The summed E-state index contributed by atoms with van der Waals surface area (Å²) in [6.07, 6.45) is 12.2. The Morgan fingerprint density at radius 1 is 1.22 bits per heavy atom. The fraction of sp³-hybridized carbons (Fsp3) is 0.667. The number of aromatic nitrogens is 3. The number of rotatable bonds is 4. The maximum Gasteiger partial charge on any atom is 0.257 e. The molecule has 5 rings (SSSR count). The third-order valence-electron chi connectivity index (χ3n) is 7.06. The molecule has 0 aromatic carbocycles. The Labute approximate surface area is 159 Å². The smallest absolute Gasteiger partial charge is 0.257 e. The minimum atomic E-state index is -0.273. The van der Waals surface area contributed by atoms with Crippen molar-refractivity contribution in [2.24, 2.45) is 5.92 Å². The van der Waals surface area contributed by atoms with E-state index in [0.29, 0.717) is 18.9 Å². The van der Waals surface area contributed by atoms with E-state index in [1.54, 1.807) is 0 Å². The van der Waals surface area contributed by atoms with Gasteiger partial charge < -0.3 is 0 Å². The van der Waals surface area contributed by atoms with Gasteiger partial charge in [-0.2, -0.15) is 10.4 Å². The summed E-state index contributed by atoms with van der Waals surface area (Å²) in [5, 5.41) is 18.6. The standard InChI is InChI=1S/C21H27N5O/c22-11-5-13-25-19-18(14-24-25)16-8-1-2-9-17(16)20(27)26(19)21(10-4-12-23-21)15-6-3-7-15/h14-15,23H,1-10,12-13H2/t21-/m1/s1. The van der Waals surface area contributed by atoms with Gasteiger partial charge in [0.2, 0.25) is 0 Å². The number of hydrogen-bond donors (Lipinski definition) is 1. The average molecular weight is 365 g/mol. The van der Waals surface area contributed by atoms with Crippen LogP contribution in [0.4, 0.5) is 0 Å². The molecule has 3 heterocycles. The van der Waals surface area contributed by atoms with Gasteiger partial charge in [0.05, 0.1) is 25.2 Å².